The molecule has 0 amide bonds. The average molecular weight is 396 g/mol. The average Bonchev–Trinajstić information content (AvgIpc) is 3.04. The molecule has 0 radical (unpaired) electrons. The van der Waals surface area contributed by atoms with Crippen LogP contribution in [0.3, 0.4) is 0 Å². The van der Waals surface area contributed by atoms with Crippen molar-refractivity contribution in [1.29, 1.82) is 0 Å². The van der Waals surface area contributed by atoms with E-state index in [1.807, 2.05) is 18.2 Å². The Morgan fingerprint density at radius 3 is 2.86 bits per heavy atom. The second kappa shape index (κ2) is 6.35. The van der Waals surface area contributed by atoms with Crippen molar-refractivity contribution < 1.29 is 13.2 Å². The molecular formula is C20H20N4O3S. The van der Waals surface area contributed by atoms with Crippen LogP contribution in [-0.4, -0.2) is 43.9 Å². The number of anilines is 1. The molecule has 0 saturated heterocycles. The highest BCUT2D eigenvalue weighted by Crippen LogP contribution is 2.29. The first-order valence-electron chi connectivity index (χ1n) is 9.12. The van der Waals surface area contributed by atoms with Gasteiger partial charge in [-0.05, 0) is 36.4 Å². The SMILES string of the molecule is COc1ccc2c(c1)cc1n2CCN(CC2=NS(=O)(=O)c3ccccc3N2)C1. The summed E-state index contributed by atoms with van der Waals surface area (Å²) >= 11 is 0. The van der Waals surface area contributed by atoms with Gasteiger partial charge in [0.15, 0.2) is 0 Å². The molecule has 3 heterocycles. The third kappa shape index (κ3) is 2.85. The van der Waals surface area contributed by atoms with E-state index in [1.165, 1.54) is 11.2 Å². The molecule has 7 nitrogen and oxygen atoms in total. The molecule has 2 aromatic carbocycles. The van der Waals surface area contributed by atoms with E-state index in [2.05, 4.69) is 31.3 Å². The third-order valence-corrected chi connectivity index (χ3v) is 6.64. The summed E-state index contributed by atoms with van der Waals surface area (Å²) in [6.45, 7) is 2.87. The Bertz CT molecular complexity index is 1210. The number of rotatable bonds is 3. The third-order valence-electron chi connectivity index (χ3n) is 5.27. The van der Waals surface area contributed by atoms with Crippen molar-refractivity contribution >= 4 is 32.4 Å². The number of fused-ring (bicyclic) bond motifs is 4. The summed E-state index contributed by atoms with van der Waals surface area (Å²) < 4.78 is 36.5. The van der Waals surface area contributed by atoms with Crippen molar-refractivity contribution in [2.24, 2.45) is 4.40 Å². The summed E-state index contributed by atoms with van der Waals surface area (Å²) in [6.07, 6.45) is 0. The van der Waals surface area contributed by atoms with Gasteiger partial charge in [0.2, 0.25) is 0 Å². The Labute approximate surface area is 163 Å². The van der Waals surface area contributed by atoms with E-state index in [1.54, 1.807) is 25.3 Å². The fraction of sp³-hybridized carbons (Fsp3) is 0.250. The van der Waals surface area contributed by atoms with Crippen LogP contribution in [0.4, 0.5) is 5.69 Å². The molecule has 8 heteroatoms. The number of nitrogens with one attached hydrogen (secondary N) is 1. The van der Waals surface area contributed by atoms with Gasteiger partial charge < -0.3 is 14.6 Å². The molecular weight excluding hydrogens is 376 g/mol. The van der Waals surface area contributed by atoms with Crippen molar-refractivity contribution in [3.8, 4) is 5.75 Å². The Morgan fingerprint density at radius 2 is 2.00 bits per heavy atom. The summed E-state index contributed by atoms with van der Waals surface area (Å²) in [4.78, 5) is 2.44. The topological polar surface area (TPSA) is 75.9 Å². The zero-order chi connectivity index (χ0) is 19.3. The van der Waals surface area contributed by atoms with Crippen molar-refractivity contribution in [3.63, 3.8) is 0 Å². The van der Waals surface area contributed by atoms with E-state index >= 15 is 0 Å². The van der Waals surface area contributed by atoms with Crippen LogP contribution < -0.4 is 10.1 Å². The molecule has 0 atom stereocenters. The zero-order valence-corrected chi connectivity index (χ0v) is 16.2. The van der Waals surface area contributed by atoms with Crippen molar-refractivity contribution in [2.75, 3.05) is 25.5 Å². The quantitative estimate of drug-likeness (QED) is 0.737. The lowest BCUT2D eigenvalue weighted by Gasteiger charge is -2.30. The molecule has 0 fully saturated rings. The fourth-order valence-corrected chi connectivity index (χ4v) is 5.10. The van der Waals surface area contributed by atoms with Gasteiger partial charge in [0, 0.05) is 36.2 Å². The van der Waals surface area contributed by atoms with Gasteiger partial charge in [-0.15, -0.1) is 4.40 Å². The van der Waals surface area contributed by atoms with Gasteiger partial charge in [-0.2, -0.15) is 8.42 Å². The molecule has 1 N–H and O–H groups in total. The van der Waals surface area contributed by atoms with Crippen molar-refractivity contribution in [2.45, 2.75) is 18.0 Å². The lowest BCUT2D eigenvalue weighted by Crippen LogP contribution is -2.40. The molecule has 0 spiro atoms. The predicted octanol–water partition coefficient (Wildman–Crippen LogP) is 2.68. The molecule has 0 aliphatic carbocycles. The highest BCUT2D eigenvalue weighted by atomic mass is 32.2. The number of hydrogen-bond acceptors (Lipinski definition) is 5. The van der Waals surface area contributed by atoms with Gasteiger partial charge in [-0.1, -0.05) is 12.1 Å². The first-order chi connectivity index (χ1) is 13.5. The lowest BCUT2D eigenvalue weighted by atomic mass is 10.2. The molecule has 0 unspecified atom stereocenters. The largest absolute Gasteiger partial charge is 0.497 e. The second-order valence-electron chi connectivity index (χ2n) is 7.06. The number of methoxy groups -OCH3 is 1. The molecule has 0 bridgehead atoms. The van der Waals surface area contributed by atoms with Crippen molar-refractivity contribution in [3.05, 3.63) is 54.2 Å². The van der Waals surface area contributed by atoms with E-state index in [9.17, 15) is 8.42 Å². The Morgan fingerprint density at radius 1 is 1.14 bits per heavy atom. The summed E-state index contributed by atoms with van der Waals surface area (Å²) in [5.74, 6) is 1.31. The molecule has 2 aliphatic heterocycles. The molecule has 144 valence electrons. The van der Waals surface area contributed by atoms with E-state index in [4.69, 9.17) is 4.74 Å². The maximum Gasteiger partial charge on any atom is 0.286 e. The Kier molecular flexibility index (Phi) is 3.92. The first kappa shape index (κ1) is 17.3. The number of ether oxygens (including phenoxy) is 1. The van der Waals surface area contributed by atoms with Gasteiger partial charge in [0.05, 0.1) is 19.3 Å². The van der Waals surface area contributed by atoms with Crippen LogP contribution >= 0.6 is 0 Å². The summed E-state index contributed by atoms with van der Waals surface area (Å²) in [6, 6.07) is 15.1. The van der Waals surface area contributed by atoms with Gasteiger partial charge in [-0.25, -0.2) is 0 Å². The maximum atomic E-state index is 12.4. The number of nitrogens with zero attached hydrogens (tertiary/aromatic N) is 3. The molecule has 28 heavy (non-hydrogen) atoms. The molecule has 3 aromatic rings. The highest BCUT2D eigenvalue weighted by molar-refractivity contribution is 7.90. The number of benzene rings is 2. The van der Waals surface area contributed by atoms with E-state index in [0.717, 1.165) is 30.8 Å². The van der Waals surface area contributed by atoms with Crippen LogP contribution in [0.15, 0.2) is 57.8 Å². The minimum atomic E-state index is -3.65. The normalized spacial score (nSPS) is 18.1. The molecule has 5 rings (SSSR count). The molecule has 1 aromatic heterocycles. The fourth-order valence-electron chi connectivity index (χ4n) is 3.96. The van der Waals surface area contributed by atoms with Gasteiger partial charge >= 0.3 is 0 Å². The summed E-state index contributed by atoms with van der Waals surface area (Å²) in [5.41, 5.74) is 2.99. The van der Waals surface area contributed by atoms with Crippen LogP contribution in [0, 0.1) is 0 Å². The van der Waals surface area contributed by atoms with E-state index in [0.29, 0.717) is 18.1 Å². The molecule has 2 aliphatic rings. The van der Waals surface area contributed by atoms with E-state index in [-0.39, 0.29) is 4.90 Å². The van der Waals surface area contributed by atoms with Crippen LogP contribution in [0.2, 0.25) is 0 Å². The standard InChI is InChI=1S/C20H20N4O3S/c1-27-16-6-7-18-14(11-16)10-15-12-23(8-9-24(15)18)13-20-21-17-4-2-3-5-19(17)28(25,26)22-20/h2-7,10-11H,8-9,12-13H2,1H3,(H,21,22). The summed E-state index contributed by atoms with van der Waals surface area (Å²) in [7, 11) is -1.98. The lowest BCUT2D eigenvalue weighted by molar-refractivity contribution is 0.253. The predicted molar refractivity (Wildman–Crippen MR) is 108 cm³/mol. The number of sulfonamides is 1. The summed E-state index contributed by atoms with van der Waals surface area (Å²) in [5, 5.41) is 4.32. The Balaban J connectivity index is 1.39. The van der Waals surface area contributed by atoms with Crippen LogP contribution in [0.1, 0.15) is 5.69 Å². The second-order valence-corrected chi connectivity index (χ2v) is 8.63. The monoisotopic (exact) mass is 396 g/mol. The van der Waals surface area contributed by atoms with Gasteiger partial charge in [-0.3, -0.25) is 4.90 Å². The minimum Gasteiger partial charge on any atom is -0.497 e. The van der Waals surface area contributed by atoms with Gasteiger partial charge in [0.1, 0.15) is 16.5 Å². The van der Waals surface area contributed by atoms with Crippen LogP contribution in [0.5, 0.6) is 5.75 Å². The molecule has 0 saturated carbocycles. The van der Waals surface area contributed by atoms with Gasteiger partial charge in [0.25, 0.3) is 10.0 Å². The van der Waals surface area contributed by atoms with Crippen molar-refractivity contribution in [1.82, 2.24) is 9.47 Å². The smallest absolute Gasteiger partial charge is 0.286 e. The number of hydrogen-bond donors (Lipinski definition) is 1. The Hall–Kier alpha value is -2.84. The zero-order valence-electron chi connectivity index (χ0n) is 15.4. The minimum absolute atomic E-state index is 0.228. The highest BCUT2D eigenvalue weighted by Gasteiger charge is 2.26. The van der Waals surface area contributed by atoms with Crippen LogP contribution in [0.25, 0.3) is 10.9 Å². The maximum absolute atomic E-state index is 12.4. The van der Waals surface area contributed by atoms with E-state index < -0.39 is 10.0 Å². The number of para-hydroxylation sites is 1. The first-order valence-corrected chi connectivity index (χ1v) is 10.6. The number of aromatic nitrogens is 1. The van der Waals surface area contributed by atoms with Crippen LogP contribution in [-0.2, 0) is 23.1 Å². The number of amidine groups is 1.